The first-order chi connectivity index (χ1) is 9.77. The molecule has 0 saturated carbocycles. The molecule has 0 amide bonds. The number of hydrogen-bond acceptors (Lipinski definition) is 7. The van der Waals surface area contributed by atoms with Gasteiger partial charge in [0.2, 0.25) is 0 Å². The van der Waals surface area contributed by atoms with Crippen molar-refractivity contribution in [3.05, 3.63) is 32.3 Å². The van der Waals surface area contributed by atoms with E-state index in [4.69, 9.17) is 5.11 Å². The molecular formula is C12H17BrN2O6. The molecule has 0 aliphatic heterocycles. The minimum absolute atomic E-state index is 0.167. The molecule has 1 aromatic rings. The maximum absolute atomic E-state index is 11.0. The average Bonchev–Trinajstić information content (AvgIpc) is 2.45. The van der Waals surface area contributed by atoms with Crippen molar-refractivity contribution in [1.82, 2.24) is 0 Å². The number of anilines is 1. The van der Waals surface area contributed by atoms with Crippen molar-refractivity contribution < 1.29 is 25.3 Å². The summed E-state index contributed by atoms with van der Waals surface area (Å²) in [6, 6.07) is 2.87. The highest BCUT2D eigenvalue weighted by molar-refractivity contribution is 9.10. The van der Waals surface area contributed by atoms with Crippen LogP contribution >= 0.6 is 15.9 Å². The van der Waals surface area contributed by atoms with Crippen molar-refractivity contribution in [1.29, 1.82) is 0 Å². The molecule has 9 heteroatoms. The number of aliphatic hydroxyl groups excluding tert-OH is 4. The van der Waals surface area contributed by atoms with Crippen molar-refractivity contribution in [2.75, 3.05) is 18.5 Å². The Morgan fingerprint density at radius 2 is 1.95 bits per heavy atom. The van der Waals surface area contributed by atoms with Crippen LogP contribution < -0.4 is 5.32 Å². The van der Waals surface area contributed by atoms with E-state index in [0.29, 0.717) is 10.0 Å². The molecule has 0 aliphatic rings. The van der Waals surface area contributed by atoms with Gasteiger partial charge in [-0.15, -0.1) is 0 Å². The lowest BCUT2D eigenvalue weighted by Crippen LogP contribution is -2.42. The average molecular weight is 365 g/mol. The molecule has 0 aromatic heterocycles. The van der Waals surface area contributed by atoms with Gasteiger partial charge >= 0.3 is 0 Å². The Balaban J connectivity index is 2.84. The van der Waals surface area contributed by atoms with Crippen LogP contribution in [0.25, 0.3) is 0 Å². The molecule has 0 saturated heterocycles. The van der Waals surface area contributed by atoms with E-state index in [-0.39, 0.29) is 17.9 Å². The maximum atomic E-state index is 11.0. The fraction of sp³-hybridized carbons (Fsp3) is 0.500. The molecule has 1 aromatic carbocycles. The summed E-state index contributed by atoms with van der Waals surface area (Å²) >= 11 is 3.25. The molecule has 8 nitrogen and oxygen atoms in total. The number of aliphatic hydroxyl groups is 4. The topological polar surface area (TPSA) is 136 Å². The van der Waals surface area contributed by atoms with Crippen LogP contribution in [0.4, 0.5) is 11.4 Å². The number of aryl methyl sites for hydroxylation is 1. The number of halogens is 1. The molecule has 0 unspecified atom stereocenters. The number of nitro benzene ring substituents is 1. The predicted octanol–water partition coefficient (Wildman–Crippen LogP) is 0.153. The van der Waals surface area contributed by atoms with Crippen LogP contribution in [-0.2, 0) is 0 Å². The molecular weight excluding hydrogens is 348 g/mol. The number of rotatable bonds is 7. The number of hydrogen-bond donors (Lipinski definition) is 5. The van der Waals surface area contributed by atoms with Gasteiger partial charge in [0.15, 0.2) is 0 Å². The van der Waals surface area contributed by atoms with Gasteiger partial charge in [-0.25, -0.2) is 0 Å². The first kappa shape index (κ1) is 17.8. The molecule has 0 heterocycles. The van der Waals surface area contributed by atoms with Crippen molar-refractivity contribution >= 4 is 27.3 Å². The quantitative estimate of drug-likeness (QED) is 0.343. The third kappa shape index (κ3) is 4.61. The highest BCUT2D eigenvalue weighted by Gasteiger charge is 2.25. The predicted molar refractivity (Wildman–Crippen MR) is 79.1 cm³/mol. The Morgan fingerprint density at radius 3 is 2.48 bits per heavy atom. The second-order valence-electron chi connectivity index (χ2n) is 4.56. The van der Waals surface area contributed by atoms with Crippen LogP contribution in [0.1, 0.15) is 5.56 Å². The van der Waals surface area contributed by atoms with Gasteiger partial charge in [0.25, 0.3) is 5.69 Å². The lowest BCUT2D eigenvalue weighted by Gasteiger charge is -2.22. The van der Waals surface area contributed by atoms with Gasteiger partial charge in [-0.1, -0.05) is 15.9 Å². The summed E-state index contributed by atoms with van der Waals surface area (Å²) in [6.07, 6.45) is -4.44. The second-order valence-corrected chi connectivity index (χ2v) is 5.42. The minimum atomic E-state index is -1.56. The minimum Gasteiger partial charge on any atom is -0.394 e. The number of benzene rings is 1. The van der Waals surface area contributed by atoms with E-state index in [1.165, 1.54) is 12.1 Å². The molecule has 0 spiro atoms. The fourth-order valence-electron chi connectivity index (χ4n) is 1.66. The van der Waals surface area contributed by atoms with E-state index in [2.05, 4.69) is 21.2 Å². The molecule has 21 heavy (non-hydrogen) atoms. The summed E-state index contributed by atoms with van der Waals surface area (Å²) in [7, 11) is 0. The van der Waals surface area contributed by atoms with Crippen LogP contribution in [0.2, 0.25) is 0 Å². The second kappa shape index (κ2) is 7.66. The maximum Gasteiger partial charge on any atom is 0.292 e. The highest BCUT2D eigenvalue weighted by Crippen LogP contribution is 2.31. The Kier molecular flexibility index (Phi) is 6.49. The number of nitrogens with one attached hydrogen (secondary N) is 1. The summed E-state index contributed by atoms with van der Waals surface area (Å²) < 4.78 is 0.654. The van der Waals surface area contributed by atoms with E-state index in [9.17, 15) is 25.4 Å². The number of nitrogens with zero attached hydrogens (tertiary/aromatic N) is 1. The molecule has 0 radical (unpaired) electrons. The van der Waals surface area contributed by atoms with Gasteiger partial charge in [0, 0.05) is 17.1 Å². The Morgan fingerprint density at radius 1 is 1.33 bits per heavy atom. The van der Waals surface area contributed by atoms with Gasteiger partial charge in [-0.2, -0.15) is 0 Å². The van der Waals surface area contributed by atoms with Gasteiger partial charge < -0.3 is 25.7 Å². The van der Waals surface area contributed by atoms with Crippen molar-refractivity contribution in [3.8, 4) is 0 Å². The summed E-state index contributed by atoms with van der Waals surface area (Å²) in [6.45, 7) is 0.778. The van der Waals surface area contributed by atoms with E-state index in [1.54, 1.807) is 6.92 Å². The first-order valence-corrected chi connectivity index (χ1v) is 6.90. The normalized spacial score (nSPS) is 15.3. The summed E-state index contributed by atoms with van der Waals surface area (Å²) in [5.41, 5.74) is 0.686. The third-order valence-electron chi connectivity index (χ3n) is 2.95. The molecule has 1 rings (SSSR count). The zero-order valence-corrected chi connectivity index (χ0v) is 12.8. The third-order valence-corrected chi connectivity index (χ3v) is 3.81. The smallest absolute Gasteiger partial charge is 0.292 e. The van der Waals surface area contributed by atoms with E-state index in [0.717, 1.165) is 0 Å². The van der Waals surface area contributed by atoms with Crippen LogP contribution in [-0.4, -0.2) is 56.8 Å². The summed E-state index contributed by atoms with van der Waals surface area (Å²) in [4.78, 5) is 10.4. The monoisotopic (exact) mass is 364 g/mol. The zero-order valence-electron chi connectivity index (χ0n) is 11.2. The standard InChI is InChI=1S/C12H17BrN2O6/c1-6-2-9(15(20)21)8(3-7(6)13)14-4-10(17)12(19)11(18)5-16/h2-3,10-12,14,16-19H,4-5H2,1H3/t10-,11-,12-/m1/s1. The zero-order chi connectivity index (χ0) is 16.2. The largest absolute Gasteiger partial charge is 0.394 e. The number of nitro groups is 1. The van der Waals surface area contributed by atoms with Gasteiger partial charge in [0.05, 0.1) is 17.6 Å². The van der Waals surface area contributed by atoms with Gasteiger partial charge in [-0.05, 0) is 18.6 Å². The van der Waals surface area contributed by atoms with Crippen LogP contribution in [0.15, 0.2) is 16.6 Å². The Hall–Kier alpha value is -1.26. The molecule has 0 bridgehead atoms. The van der Waals surface area contributed by atoms with E-state index < -0.39 is 29.8 Å². The summed E-state index contributed by atoms with van der Waals surface area (Å²) in [5.74, 6) is 0. The van der Waals surface area contributed by atoms with Crippen molar-refractivity contribution in [2.45, 2.75) is 25.2 Å². The fourth-order valence-corrected chi connectivity index (χ4v) is 2.00. The molecule has 0 aliphatic carbocycles. The Bertz CT molecular complexity index is 513. The first-order valence-electron chi connectivity index (χ1n) is 6.11. The molecule has 118 valence electrons. The lowest BCUT2D eigenvalue weighted by atomic mass is 10.1. The van der Waals surface area contributed by atoms with Crippen LogP contribution in [0.5, 0.6) is 0 Å². The SMILES string of the molecule is Cc1cc([N+](=O)[O-])c(NC[C@@H](O)[C@@H](O)[C@H](O)CO)cc1Br. The highest BCUT2D eigenvalue weighted by atomic mass is 79.9. The van der Waals surface area contributed by atoms with Crippen molar-refractivity contribution in [2.24, 2.45) is 0 Å². The van der Waals surface area contributed by atoms with E-state index >= 15 is 0 Å². The van der Waals surface area contributed by atoms with Crippen LogP contribution in [0, 0.1) is 17.0 Å². The van der Waals surface area contributed by atoms with E-state index in [1.807, 2.05) is 0 Å². The molecule has 5 N–H and O–H groups in total. The molecule has 0 fully saturated rings. The van der Waals surface area contributed by atoms with Crippen LogP contribution in [0.3, 0.4) is 0 Å². The molecule has 3 atom stereocenters. The lowest BCUT2D eigenvalue weighted by molar-refractivity contribution is -0.384. The van der Waals surface area contributed by atoms with Gasteiger partial charge in [-0.3, -0.25) is 10.1 Å². The van der Waals surface area contributed by atoms with Gasteiger partial charge in [0.1, 0.15) is 17.9 Å². The summed E-state index contributed by atoms with van der Waals surface area (Å²) in [5, 5.41) is 50.7. The Labute approximate surface area is 129 Å². The van der Waals surface area contributed by atoms with Crippen molar-refractivity contribution in [3.63, 3.8) is 0 Å².